The molecule has 17 heavy (non-hydrogen) atoms. The Morgan fingerprint density at radius 1 is 1.47 bits per heavy atom. The molecular formula is C13H23N3O. The molecule has 0 aromatic heterocycles. The molecule has 0 aliphatic heterocycles. The maximum absolute atomic E-state index is 12.0. The van der Waals surface area contributed by atoms with E-state index in [1.165, 1.54) is 0 Å². The molecule has 0 aromatic carbocycles. The molecule has 4 nitrogen and oxygen atoms in total. The Bertz CT molecular complexity index is 324. The molecule has 1 aliphatic carbocycles. The fraction of sp³-hybridized carbons (Fsp3) is 0.846. The SMILES string of the molecule is CN(C)CC(C)(C)CNC(=O)C1(C#N)CCC1. The van der Waals surface area contributed by atoms with Crippen molar-refractivity contribution < 1.29 is 4.79 Å². The van der Waals surface area contributed by atoms with Crippen molar-refractivity contribution >= 4 is 5.91 Å². The second-order valence-electron chi connectivity index (χ2n) is 6.13. The van der Waals surface area contributed by atoms with Gasteiger partial charge in [-0.2, -0.15) is 5.26 Å². The van der Waals surface area contributed by atoms with E-state index in [-0.39, 0.29) is 11.3 Å². The van der Waals surface area contributed by atoms with Crippen molar-refractivity contribution in [1.82, 2.24) is 10.2 Å². The number of carbonyl (C=O) groups excluding carboxylic acids is 1. The zero-order valence-electron chi connectivity index (χ0n) is 11.3. The third-order valence-corrected chi connectivity index (χ3v) is 3.33. The predicted molar refractivity (Wildman–Crippen MR) is 67.2 cm³/mol. The van der Waals surface area contributed by atoms with Crippen LogP contribution in [0.4, 0.5) is 0 Å². The highest BCUT2D eigenvalue weighted by Crippen LogP contribution is 2.40. The number of amides is 1. The molecule has 0 aromatic rings. The fourth-order valence-corrected chi connectivity index (χ4v) is 2.32. The molecule has 1 aliphatic rings. The van der Waals surface area contributed by atoms with Gasteiger partial charge in [-0.3, -0.25) is 4.79 Å². The normalized spacial score (nSPS) is 18.4. The lowest BCUT2D eigenvalue weighted by Gasteiger charge is -2.35. The third kappa shape index (κ3) is 3.44. The van der Waals surface area contributed by atoms with Gasteiger partial charge < -0.3 is 10.2 Å². The average molecular weight is 237 g/mol. The van der Waals surface area contributed by atoms with Gasteiger partial charge >= 0.3 is 0 Å². The summed E-state index contributed by atoms with van der Waals surface area (Å²) >= 11 is 0. The maximum atomic E-state index is 12.0. The largest absolute Gasteiger partial charge is 0.354 e. The van der Waals surface area contributed by atoms with Gasteiger partial charge in [-0.25, -0.2) is 0 Å². The van der Waals surface area contributed by atoms with E-state index >= 15 is 0 Å². The van der Waals surface area contributed by atoms with Crippen LogP contribution in [0.1, 0.15) is 33.1 Å². The number of hydrogen-bond acceptors (Lipinski definition) is 3. The Hall–Kier alpha value is -1.08. The summed E-state index contributed by atoms with van der Waals surface area (Å²) in [6, 6.07) is 2.17. The molecule has 0 bridgehead atoms. The standard InChI is InChI=1S/C13H23N3O/c1-12(2,10-16(3)4)9-15-11(17)13(8-14)6-5-7-13/h5-7,9-10H2,1-4H3,(H,15,17). The summed E-state index contributed by atoms with van der Waals surface area (Å²) in [6.07, 6.45) is 2.41. The summed E-state index contributed by atoms with van der Waals surface area (Å²) in [5, 5.41) is 12.0. The van der Waals surface area contributed by atoms with Crippen molar-refractivity contribution in [3.63, 3.8) is 0 Å². The highest BCUT2D eigenvalue weighted by atomic mass is 16.2. The van der Waals surface area contributed by atoms with Crippen LogP contribution in [-0.4, -0.2) is 38.0 Å². The van der Waals surface area contributed by atoms with Crippen LogP contribution in [0, 0.1) is 22.2 Å². The first-order valence-electron chi connectivity index (χ1n) is 6.16. The van der Waals surface area contributed by atoms with Crippen molar-refractivity contribution in [3.05, 3.63) is 0 Å². The topological polar surface area (TPSA) is 56.1 Å². The summed E-state index contributed by atoms with van der Waals surface area (Å²) in [4.78, 5) is 14.1. The average Bonchev–Trinajstić information content (AvgIpc) is 2.12. The molecule has 0 radical (unpaired) electrons. The zero-order chi connectivity index (χ0) is 13.1. The first-order valence-corrected chi connectivity index (χ1v) is 6.16. The van der Waals surface area contributed by atoms with Gasteiger partial charge in [0.25, 0.3) is 0 Å². The van der Waals surface area contributed by atoms with Crippen LogP contribution < -0.4 is 5.32 Å². The van der Waals surface area contributed by atoms with Crippen LogP contribution in [0.3, 0.4) is 0 Å². The Kier molecular flexibility index (Phi) is 4.16. The van der Waals surface area contributed by atoms with Crippen LogP contribution in [0.25, 0.3) is 0 Å². The zero-order valence-corrected chi connectivity index (χ0v) is 11.3. The number of nitriles is 1. The molecule has 1 amide bonds. The first-order chi connectivity index (χ1) is 7.81. The molecule has 0 atom stereocenters. The Labute approximate surface area is 104 Å². The van der Waals surface area contributed by atoms with Gasteiger partial charge in [0, 0.05) is 13.1 Å². The van der Waals surface area contributed by atoms with E-state index in [0.717, 1.165) is 13.0 Å². The van der Waals surface area contributed by atoms with Crippen LogP contribution in [0.15, 0.2) is 0 Å². The Morgan fingerprint density at radius 2 is 2.06 bits per heavy atom. The Balaban J connectivity index is 2.46. The lowest BCUT2D eigenvalue weighted by atomic mass is 9.69. The minimum atomic E-state index is -0.728. The van der Waals surface area contributed by atoms with Gasteiger partial charge in [-0.1, -0.05) is 13.8 Å². The monoisotopic (exact) mass is 237 g/mol. The number of hydrogen-bond donors (Lipinski definition) is 1. The Morgan fingerprint density at radius 3 is 2.41 bits per heavy atom. The molecule has 4 heteroatoms. The van der Waals surface area contributed by atoms with Crippen molar-refractivity contribution in [2.24, 2.45) is 10.8 Å². The molecule has 1 saturated carbocycles. The van der Waals surface area contributed by atoms with Crippen molar-refractivity contribution in [2.75, 3.05) is 27.2 Å². The van der Waals surface area contributed by atoms with E-state index in [2.05, 4.69) is 30.1 Å². The highest BCUT2D eigenvalue weighted by Gasteiger charge is 2.44. The molecule has 0 saturated heterocycles. The lowest BCUT2D eigenvalue weighted by molar-refractivity contribution is -0.132. The maximum Gasteiger partial charge on any atom is 0.240 e. The quantitative estimate of drug-likeness (QED) is 0.786. The molecule has 1 fully saturated rings. The lowest BCUT2D eigenvalue weighted by Crippen LogP contribution is -2.48. The van der Waals surface area contributed by atoms with E-state index in [9.17, 15) is 4.79 Å². The van der Waals surface area contributed by atoms with Gasteiger partial charge in [0.05, 0.1) is 6.07 Å². The van der Waals surface area contributed by atoms with E-state index in [1.54, 1.807) is 0 Å². The van der Waals surface area contributed by atoms with E-state index < -0.39 is 5.41 Å². The number of nitrogens with zero attached hydrogens (tertiary/aromatic N) is 2. The van der Waals surface area contributed by atoms with Gasteiger partial charge in [0.1, 0.15) is 5.41 Å². The minimum absolute atomic E-state index is 0.0273. The molecule has 1 rings (SSSR count). The number of carbonyl (C=O) groups is 1. The number of rotatable bonds is 5. The van der Waals surface area contributed by atoms with Gasteiger partial charge in [0.15, 0.2) is 0 Å². The van der Waals surface area contributed by atoms with Crippen molar-refractivity contribution in [2.45, 2.75) is 33.1 Å². The molecular weight excluding hydrogens is 214 g/mol. The van der Waals surface area contributed by atoms with Crippen molar-refractivity contribution in [1.29, 1.82) is 5.26 Å². The first kappa shape index (κ1) is 14.0. The molecule has 0 heterocycles. The predicted octanol–water partition coefficient (Wildman–Crippen LogP) is 1.38. The summed E-state index contributed by atoms with van der Waals surface area (Å²) < 4.78 is 0. The van der Waals surface area contributed by atoms with Gasteiger partial charge in [-0.05, 0) is 38.8 Å². The summed E-state index contributed by atoms with van der Waals surface area (Å²) in [7, 11) is 4.04. The van der Waals surface area contributed by atoms with E-state index in [4.69, 9.17) is 5.26 Å². The summed E-state index contributed by atoms with van der Waals surface area (Å²) in [5.41, 5.74) is -0.701. The fourth-order valence-electron chi connectivity index (χ4n) is 2.32. The molecule has 0 unspecified atom stereocenters. The molecule has 0 spiro atoms. The molecule has 96 valence electrons. The van der Waals surface area contributed by atoms with E-state index in [0.29, 0.717) is 19.4 Å². The van der Waals surface area contributed by atoms with E-state index in [1.807, 2.05) is 14.1 Å². The smallest absolute Gasteiger partial charge is 0.240 e. The molecule has 1 N–H and O–H groups in total. The van der Waals surface area contributed by atoms with Gasteiger partial charge in [-0.15, -0.1) is 0 Å². The van der Waals surface area contributed by atoms with Gasteiger partial charge in [0.2, 0.25) is 5.91 Å². The minimum Gasteiger partial charge on any atom is -0.354 e. The third-order valence-electron chi connectivity index (χ3n) is 3.33. The number of nitrogens with one attached hydrogen (secondary N) is 1. The van der Waals surface area contributed by atoms with Crippen LogP contribution in [0.5, 0.6) is 0 Å². The summed E-state index contributed by atoms with van der Waals surface area (Å²) in [5.74, 6) is -0.0851. The highest BCUT2D eigenvalue weighted by molar-refractivity contribution is 5.86. The summed E-state index contributed by atoms with van der Waals surface area (Å²) in [6.45, 7) is 5.76. The van der Waals surface area contributed by atoms with Crippen LogP contribution in [0.2, 0.25) is 0 Å². The van der Waals surface area contributed by atoms with Crippen LogP contribution in [-0.2, 0) is 4.79 Å². The van der Waals surface area contributed by atoms with Crippen molar-refractivity contribution in [3.8, 4) is 6.07 Å². The second-order valence-corrected chi connectivity index (χ2v) is 6.13. The van der Waals surface area contributed by atoms with Crippen LogP contribution >= 0.6 is 0 Å². The second kappa shape index (κ2) is 5.05.